The lowest BCUT2D eigenvalue weighted by atomic mass is 10.5. The molecule has 0 atom stereocenters. The Morgan fingerprint density at radius 2 is 2.17 bits per heavy atom. The highest BCUT2D eigenvalue weighted by Gasteiger charge is 2.06. The van der Waals surface area contributed by atoms with E-state index in [0.717, 1.165) is 27.6 Å². The maximum atomic E-state index is 4.44. The van der Waals surface area contributed by atoms with Gasteiger partial charge in [0.25, 0.3) is 0 Å². The highest BCUT2D eigenvalue weighted by atomic mass is 32.2. The molecule has 0 amide bonds. The fourth-order valence-electron chi connectivity index (χ4n) is 1.27. The summed E-state index contributed by atoms with van der Waals surface area (Å²) in [7, 11) is 0. The Hall–Kier alpha value is -1.34. The normalized spacial score (nSPS) is 10.3. The van der Waals surface area contributed by atoms with E-state index in [-0.39, 0.29) is 0 Å². The van der Waals surface area contributed by atoms with Crippen molar-refractivity contribution in [3.63, 3.8) is 0 Å². The van der Waals surface area contributed by atoms with Crippen LogP contribution in [-0.4, -0.2) is 32.7 Å². The molecule has 0 fully saturated rings. The fourth-order valence-corrected chi connectivity index (χ4v) is 2.45. The molecule has 0 radical (unpaired) electrons. The van der Waals surface area contributed by atoms with Crippen molar-refractivity contribution >= 4 is 29.3 Å². The van der Waals surface area contributed by atoms with Gasteiger partial charge in [-0.1, -0.05) is 11.8 Å². The minimum absolute atomic E-state index is 0.755. The largest absolute Gasteiger partial charge is 0.370 e. The summed E-state index contributed by atoms with van der Waals surface area (Å²) in [4.78, 5) is 16.9. The third-order valence-electron chi connectivity index (χ3n) is 1.99. The van der Waals surface area contributed by atoms with Crippen LogP contribution in [0.3, 0.4) is 0 Å². The van der Waals surface area contributed by atoms with Crippen molar-refractivity contribution in [2.24, 2.45) is 0 Å². The van der Waals surface area contributed by atoms with Crippen LogP contribution >= 0.6 is 23.5 Å². The number of rotatable bonds is 5. The molecule has 0 aliphatic heterocycles. The van der Waals surface area contributed by atoms with E-state index in [2.05, 4.69) is 25.3 Å². The number of hydrogen-bond acceptors (Lipinski definition) is 7. The van der Waals surface area contributed by atoms with E-state index >= 15 is 0 Å². The van der Waals surface area contributed by atoms with Gasteiger partial charge in [0, 0.05) is 18.8 Å². The van der Waals surface area contributed by atoms with Gasteiger partial charge in [-0.05, 0) is 31.0 Å². The molecule has 2 aromatic rings. The second-order valence-corrected chi connectivity index (χ2v) is 5.07. The lowest BCUT2D eigenvalue weighted by Crippen LogP contribution is -2.01. The summed E-state index contributed by atoms with van der Waals surface area (Å²) >= 11 is 3.03. The van der Waals surface area contributed by atoms with E-state index in [4.69, 9.17) is 0 Å². The average Bonchev–Trinajstić information content (AvgIpc) is 2.40. The standard InChI is InChI=1S/C11H13N5S2/c1-3-13-8-6-10(16-11(15-8)17-2)18-9-4-5-12-7-14-9/h4-7H,3H2,1-2H3,(H,13,15,16). The Morgan fingerprint density at radius 1 is 1.28 bits per heavy atom. The van der Waals surface area contributed by atoms with Gasteiger partial charge in [-0.15, -0.1) is 0 Å². The van der Waals surface area contributed by atoms with Crippen LogP contribution in [0.2, 0.25) is 0 Å². The summed E-state index contributed by atoms with van der Waals surface area (Å²) in [5, 5.41) is 5.70. The zero-order chi connectivity index (χ0) is 12.8. The second-order valence-electron chi connectivity index (χ2n) is 3.26. The molecule has 0 bridgehead atoms. The molecule has 2 rings (SSSR count). The number of nitrogens with one attached hydrogen (secondary N) is 1. The van der Waals surface area contributed by atoms with Gasteiger partial charge in [0.2, 0.25) is 0 Å². The van der Waals surface area contributed by atoms with Gasteiger partial charge < -0.3 is 5.32 Å². The van der Waals surface area contributed by atoms with E-state index in [1.807, 2.05) is 25.3 Å². The first-order valence-corrected chi connectivity index (χ1v) is 7.46. The van der Waals surface area contributed by atoms with E-state index < -0.39 is 0 Å². The van der Waals surface area contributed by atoms with Gasteiger partial charge in [0.15, 0.2) is 5.16 Å². The average molecular weight is 279 g/mol. The molecule has 18 heavy (non-hydrogen) atoms. The first-order valence-electron chi connectivity index (χ1n) is 5.42. The van der Waals surface area contributed by atoms with Crippen LogP contribution in [0.15, 0.2) is 39.9 Å². The van der Waals surface area contributed by atoms with Crippen molar-refractivity contribution in [2.75, 3.05) is 18.1 Å². The molecule has 1 N–H and O–H groups in total. The highest BCUT2D eigenvalue weighted by molar-refractivity contribution is 7.99. The molecule has 0 spiro atoms. The van der Waals surface area contributed by atoms with E-state index in [1.54, 1.807) is 6.20 Å². The monoisotopic (exact) mass is 279 g/mol. The Kier molecular flexibility index (Phi) is 4.77. The molecule has 0 unspecified atom stereocenters. The molecular formula is C11H13N5S2. The molecular weight excluding hydrogens is 266 g/mol. The lowest BCUT2D eigenvalue weighted by molar-refractivity contribution is 0.889. The molecule has 2 aromatic heterocycles. The number of thioether (sulfide) groups is 1. The molecule has 94 valence electrons. The van der Waals surface area contributed by atoms with Crippen molar-refractivity contribution < 1.29 is 0 Å². The predicted octanol–water partition coefficient (Wildman–Crippen LogP) is 2.57. The summed E-state index contributed by atoms with van der Waals surface area (Å²) < 4.78 is 0. The first-order chi connectivity index (χ1) is 8.81. The summed E-state index contributed by atoms with van der Waals surface area (Å²) in [5.74, 6) is 0.841. The summed E-state index contributed by atoms with van der Waals surface area (Å²) in [5.41, 5.74) is 0. The van der Waals surface area contributed by atoms with Crippen LogP contribution in [0.25, 0.3) is 0 Å². The van der Waals surface area contributed by atoms with Gasteiger partial charge in [-0.3, -0.25) is 0 Å². The minimum atomic E-state index is 0.755. The van der Waals surface area contributed by atoms with Crippen molar-refractivity contribution in [3.8, 4) is 0 Å². The predicted molar refractivity (Wildman–Crippen MR) is 74.1 cm³/mol. The lowest BCUT2D eigenvalue weighted by Gasteiger charge is -2.06. The van der Waals surface area contributed by atoms with Crippen LogP contribution in [-0.2, 0) is 0 Å². The topological polar surface area (TPSA) is 63.6 Å². The zero-order valence-corrected chi connectivity index (χ0v) is 11.8. The Labute approximate surface area is 114 Å². The van der Waals surface area contributed by atoms with Crippen molar-refractivity contribution in [1.29, 1.82) is 0 Å². The van der Waals surface area contributed by atoms with E-state index in [9.17, 15) is 0 Å². The molecule has 0 saturated heterocycles. The van der Waals surface area contributed by atoms with Crippen molar-refractivity contribution in [2.45, 2.75) is 22.1 Å². The maximum Gasteiger partial charge on any atom is 0.190 e. The molecule has 0 aromatic carbocycles. The molecule has 7 heteroatoms. The van der Waals surface area contributed by atoms with Crippen LogP contribution in [0.4, 0.5) is 5.82 Å². The van der Waals surface area contributed by atoms with Crippen LogP contribution in [0.5, 0.6) is 0 Å². The van der Waals surface area contributed by atoms with Gasteiger partial charge >= 0.3 is 0 Å². The van der Waals surface area contributed by atoms with Crippen molar-refractivity contribution in [1.82, 2.24) is 19.9 Å². The molecule has 5 nitrogen and oxygen atoms in total. The van der Waals surface area contributed by atoms with Gasteiger partial charge in [0.1, 0.15) is 22.2 Å². The third-order valence-corrected chi connectivity index (χ3v) is 3.40. The quantitative estimate of drug-likeness (QED) is 0.512. The van der Waals surface area contributed by atoms with E-state index in [1.165, 1.54) is 29.9 Å². The fraction of sp³-hybridized carbons (Fsp3) is 0.273. The van der Waals surface area contributed by atoms with Gasteiger partial charge in [-0.25, -0.2) is 19.9 Å². The second kappa shape index (κ2) is 6.55. The van der Waals surface area contributed by atoms with Crippen LogP contribution < -0.4 is 5.32 Å². The molecule has 0 saturated carbocycles. The van der Waals surface area contributed by atoms with E-state index in [0.29, 0.717) is 0 Å². The zero-order valence-electron chi connectivity index (χ0n) is 10.1. The Balaban J connectivity index is 2.24. The van der Waals surface area contributed by atoms with Crippen LogP contribution in [0.1, 0.15) is 6.92 Å². The summed E-state index contributed by atoms with van der Waals surface area (Å²) in [6, 6.07) is 3.79. The third kappa shape index (κ3) is 3.58. The highest BCUT2D eigenvalue weighted by Crippen LogP contribution is 2.26. The van der Waals surface area contributed by atoms with Gasteiger partial charge in [-0.2, -0.15) is 0 Å². The molecule has 0 aliphatic carbocycles. The maximum absolute atomic E-state index is 4.44. The van der Waals surface area contributed by atoms with Gasteiger partial charge in [0.05, 0.1) is 0 Å². The number of nitrogens with zero attached hydrogens (tertiary/aromatic N) is 4. The summed E-state index contributed by atoms with van der Waals surface area (Å²) in [6.45, 7) is 2.88. The van der Waals surface area contributed by atoms with Crippen molar-refractivity contribution in [3.05, 3.63) is 24.7 Å². The first kappa shape index (κ1) is 13.1. The number of aromatic nitrogens is 4. The smallest absolute Gasteiger partial charge is 0.190 e. The Morgan fingerprint density at radius 3 is 2.83 bits per heavy atom. The molecule has 0 aliphatic rings. The Bertz CT molecular complexity index is 506. The number of hydrogen-bond donors (Lipinski definition) is 1. The molecule has 2 heterocycles. The minimum Gasteiger partial charge on any atom is -0.370 e. The van der Waals surface area contributed by atoms with Crippen LogP contribution in [0, 0.1) is 0 Å². The summed E-state index contributed by atoms with van der Waals surface area (Å²) in [6.07, 6.45) is 5.21. The number of anilines is 1. The SMILES string of the molecule is CCNc1cc(Sc2ccncn2)nc(SC)n1.